The topological polar surface area (TPSA) is 42.1 Å². The van der Waals surface area contributed by atoms with Gasteiger partial charge in [-0.15, -0.1) is 0 Å². The summed E-state index contributed by atoms with van der Waals surface area (Å²) in [5, 5.41) is 0. The first kappa shape index (κ1) is 13.3. The summed E-state index contributed by atoms with van der Waals surface area (Å²) < 4.78 is 0. The van der Waals surface area contributed by atoms with E-state index in [2.05, 4.69) is 29.9 Å². The van der Waals surface area contributed by atoms with Crippen molar-refractivity contribution < 1.29 is 0 Å². The van der Waals surface area contributed by atoms with Gasteiger partial charge in [-0.25, -0.2) is 0 Å². The first-order valence-corrected chi connectivity index (χ1v) is 7.02. The SMILES string of the molecule is CC1CCC(N(C)c2ccc([C@@H](C)N)nc2)CC1. The molecule has 0 aliphatic heterocycles. The fourth-order valence-corrected chi connectivity index (χ4v) is 2.72. The summed E-state index contributed by atoms with van der Waals surface area (Å²) in [6.07, 6.45) is 7.25. The van der Waals surface area contributed by atoms with Crippen molar-refractivity contribution in [2.75, 3.05) is 11.9 Å². The molecule has 3 nitrogen and oxygen atoms in total. The number of hydrogen-bond donors (Lipinski definition) is 1. The minimum Gasteiger partial charge on any atom is -0.370 e. The summed E-state index contributed by atoms with van der Waals surface area (Å²) in [7, 11) is 2.18. The maximum absolute atomic E-state index is 5.82. The van der Waals surface area contributed by atoms with E-state index in [4.69, 9.17) is 5.73 Å². The molecule has 0 radical (unpaired) electrons. The van der Waals surface area contributed by atoms with Gasteiger partial charge in [-0.05, 0) is 50.7 Å². The van der Waals surface area contributed by atoms with Crippen molar-refractivity contribution in [3.63, 3.8) is 0 Å². The maximum atomic E-state index is 5.82. The number of hydrogen-bond acceptors (Lipinski definition) is 3. The maximum Gasteiger partial charge on any atom is 0.0569 e. The predicted octanol–water partition coefficient (Wildman–Crippen LogP) is 3.12. The van der Waals surface area contributed by atoms with Crippen LogP contribution < -0.4 is 10.6 Å². The quantitative estimate of drug-likeness (QED) is 0.892. The Morgan fingerprint density at radius 3 is 2.44 bits per heavy atom. The van der Waals surface area contributed by atoms with Gasteiger partial charge in [0.1, 0.15) is 0 Å². The molecule has 18 heavy (non-hydrogen) atoms. The Morgan fingerprint density at radius 2 is 1.94 bits per heavy atom. The number of nitrogens with zero attached hydrogens (tertiary/aromatic N) is 2. The predicted molar refractivity (Wildman–Crippen MR) is 76.7 cm³/mol. The van der Waals surface area contributed by atoms with Gasteiger partial charge in [-0.1, -0.05) is 6.92 Å². The molecule has 0 aromatic carbocycles. The molecular formula is C15H25N3. The van der Waals surface area contributed by atoms with E-state index in [0.29, 0.717) is 6.04 Å². The molecule has 1 aromatic heterocycles. The minimum absolute atomic E-state index is 0.0138. The van der Waals surface area contributed by atoms with E-state index in [1.807, 2.05) is 19.2 Å². The third kappa shape index (κ3) is 3.02. The molecule has 1 saturated carbocycles. The van der Waals surface area contributed by atoms with E-state index in [1.54, 1.807) is 0 Å². The van der Waals surface area contributed by atoms with Crippen LogP contribution in [-0.4, -0.2) is 18.1 Å². The normalized spacial score (nSPS) is 25.8. The first-order chi connectivity index (χ1) is 8.58. The zero-order valence-corrected chi connectivity index (χ0v) is 11.8. The summed E-state index contributed by atoms with van der Waals surface area (Å²) in [4.78, 5) is 6.82. The van der Waals surface area contributed by atoms with Crippen LogP contribution in [0.3, 0.4) is 0 Å². The molecular weight excluding hydrogens is 222 g/mol. The van der Waals surface area contributed by atoms with Crippen LogP contribution in [0.15, 0.2) is 18.3 Å². The smallest absolute Gasteiger partial charge is 0.0569 e. The summed E-state index contributed by atoms with van der Waals surface area (Å²) >= 11 is 0. The van der Waals surface area contributed by atoms with Gasteiger partial charge in [-0.3, -0.25) is 4.98 Å². The lowest BCUT2D eigenvalue weighted by Gasteiger charge is -2.35. The molecule has 0 saturated heterocycles. The van der Waals surface area contributed by atoms with E-state index >= 15 is 0 Å². The van der Waals surface area contributed by atoms with Crippen molar-refractivity contribution in [1.29, 1.82) is 0 Å². The van der Waals surface area contributed by atoms with Gasteiger partial charge in [0.15, 0.2) is 0 Å². The number of anilines is 1. The number of pyridine rings is 1. The molecule has 0 bridgehead atoms. The van der Waals surface area contributed by atoms with Gasteiger partial charge in [0.05, 0.1) is 17.6 Å². The van der Waals surface area contributed by atoms with E-state index in [-0.39, 0.29) is 6.04 Å². The van der Waals surface area contributed by atoms with Crippen LogP contribution in [0.5, 0.6) is 0 Å². The van der Waals surface area contributed by atoms with Gasteiger partial charge >= 0.3 is 0 Å². The Labute approximate surface area is 110 Å². The molecule has 0 amide bonds. The molecule has 2 rings (SSSR count). The average Bonchev–Trinajstić information content (AvgIpc) is 2.39. The second-order valence-corrected chi connectivity index (χ2v) is 5.75. The van der Waals surface area contributed by atoms with Gasteiger partial charge in [0.25, 0.3) is 0 Å². The molecule has 1 fully saturated rings. The fourth-order valence-electron chi connectivity index (χ4n) is 2.72. The lowest BCUT2D eigenvalue weighted by atomic mass is 9.86. The number of aromatic nitrogens is 1. The fraction of sp³-hybridized carbons (Fsp3) is 0.667. The molecule has 3 heteroatoms. The van der Waals surface area contributed by atoms with Crippen LogP contribution in [0.2, 0.25) is 0 Å². The van der Waals surface area contributed by atoms with Crippen LogP contribution in [0.1, 0.15) is 51.3 Å². The van der Waals surface area contributed by atoms with Gasteiger partial charge in [-0.2, -0.15) is 0 Å². The van der Waals surface area contributed by atoms with Crippen LogP contribution in [0, 0.1) is 5.92 Å². The Bertz CT molecular complexity index is 364. The van der Waals surface area contributed by atoms with Crippen molar-refractivity contribution in [2.24, 2.45) is 11.7 Å². The van der Waals surface area contributed by atoms with E-state index in [1.165, 1.54) is 31.4 Å². The van der Waals surface area contributed by atoms with E-state index < -0.39 is 0 Å². The highest BCUT2D eigenvalue weighted by molar-refractivity contribution is 5.45. The summed E-state index contributed by atoms with van der Waals surface area (Å²) in [5.41, 5.74) is 7.99. The highest BCUT2D eigenvalue weighted by Gasteiger charge is 2.22. The van der Waals surface area contributed by atoms with Crippen LogP contribution in [0.4, 0.5) is 5.69 Å². The monoisotopic (exact) mass is 247 g/mol. The van der Waals surface area contributed by atoms with Crippen molar-refractivity contribution in [3.8, 4) is 0 Å². The molecule has 1 aliphatic carbocycles. The average molecular weight is 247 g/mol. The summed E-state index contributed by atoms with van der Waals surface area (Å²) in [6.45, 7) is 4.32. The third-order valence-corrected chi connectivity index (χ3v) is 4.18. The van der Waals surface area contributed by atoms with Crippen LogP contribution in [0.25, 0.3) is 0 Å². The molecule has 1 aliphatic rings. The second kappa shape index (κ2) is 5.70. The van der Waals surface area contributed by atoms with Crippen molar-refractivity contribution in [3.05, 3.63) is 24.0 Å². The molecule has 0 spiro atoms. The largest absolute Gasteiger partial charge is 0.370 e. The van der Waals surface area contributed by atoms with Gasteiger partial charge in [0.2, 0.25) is 0 Å². The Hall–Kier alpha value is -1.09. The van der Waals surface area contributed by atoms with Crippen molar-refractivity contribution in [2.45, 2.75) is 51.6 Å². The Kier molecular flexibility index (Phi) is 4.23. The standard InChI is InChI=1S/C15H25N3/c1-11-4-6-13(7-5-11)18(3)14-8-9-15(12(2)16)17-10-14/h8-13H,4-7,16H2,1-3H3/t11?,12-,13?/m1/s1. The molecule has 1 heterocycles. The zero-order valence-electron chi connectivity index (χ0n) is 11.8. The molecule has 0 unspecified atom stereocenters. The Balaban J connectivity index is 2.02. The van der Waals surface area contributed by atoms with Crippen molar-refractivity contribution >= 4 is 5.69 Å². The highest BCUT2D eigenvalue weighted by atomic mass is 15.1. The lowest BCUT2D eigenvalue weighted by Crippen LogP contribution is -2.34. The van der Waals surface area contributed by atoms with E-state index in [0.717, 1.165) is 11.6 Å². The lowest BCUT2D eigenvalue weighted by molar-refractivity contribution is 0.340. The molecule has 2 N–H and O–H groups in total. The highest BCUT2D eigenvalue weighted by Crippen LogP contribution is 2.29. The zero-order chi connectivity index (χ0) is 13.1. The number of nitrogens with two attached hydrogens (primary N) is 1. The van der Waals surface area contributed by atoms with E-state index in [9.17, 15) is 0 Å². The van der Waals surface area contributed by atoms with Crippen LogP contribution in [-0.2, 0) is 0 Å². The Morgan fingerprint density at radius 1 is 1.28 bits per heavy atom. The first-order valence-electron chi connectivity index (χ1n) is 7.02. The second-order valence-electron chi connectivity index (χ2n) is 5.75. The number of rotatable bonds is 3. The molecule has 1 atom stereocenters. The van der Waals surface area contributed by atoms with Gasteiger partial charge < -0.3 is 10.6 Å². The summed E-state index contributed by atoms with van der Waals surface area (Å²) in [6, 6.07) is 4.87. The third-order valence-electron chi connectivity index (χ3n) is 4.18. The summed E-state index contributed by atoms with van der Waals surface area (Å²) in [5.74, 6) is 0.897. The molecule has 1 aromatic rings. The minimum atomic E-state index is 0.0138. The van der Waals surface area contributed by atoms with Crippen LogP contribution >= 0.6 is 0 Å². The van der Waals surface area contributed by atoms with Crippen molar-refractivity contribution in [1.82, 2.24) is 4.98 Å². The van der Waals surface area contributed by atoms with Gasteiger partial charge in [0, 0.05) is 19.1 Å². The molecule has 100 valence electrons.